The minimum absolute atomic E-state index is 0.00885. The predicted molar refractivity (Wildman–Crippen MR) is 137 cm³/mol. The normalized spacial score (nSPS) is 18.4. The summed E-state index contributed by atoms with van der Waals surface area (Å²) in [7, 11) is 0. The van der Waals surface area contributed by atoms with Gasteiger partial charge in [0.05, 0.1) is 6.04 Å². The standard InChI is InChI=1S/C23H37N5O3S2/c1-14(2)20(26-11-17(24)13-32)23(31)28-12-16-7-5-4-6-15(16)10-19(28)22(30)27-18(21(25)29)8-9-33-3/h4-7,14,17-20,26,32H,8-13,24H2,1-3H3,(H2,25,29)(H,27,30)/t17-,18-,19+,20-/m0/s1. The van der Waals surface area contributed by atoms with Gasteiger partial charge in [-0.1, -0.05) is 38.1 Å². The van der Waals surface area contributed by atoms with Crippen molar-refractivity contribution in [2.24, 2.45) is 17.4 Å². The molecule has 10 heteroatoms. The van der Waals surface area contributed by atoms with Crippen LogP contribution in [0.5, 0.6) is 0 Å². The van der Waals surface area contributed by atoms with Crippen molar-refractivity contribution in [3.05, 3.63) is 35.4 Å². The Labute approximate surface area is 206 Å². The number of fused-ring (bicyclic) bond motifs is 1. The largest absolute Gasteiger partial charge is 0.368 e. The van der Waals surface area contributed by atoms with Crippen molar-refractivity contribution in [1.82, 2.24) is 15.5 Å². The summed E-state index contributed by atoms with van der Waals surface area (Å²) in [4.78, 5) is 40.5. The van der Waals surface area contributed by atoms with Gasteiger partial charge < -0.3 is 27.0 Å². The molecule has 0 radical (unpaired) electrons. The zero-order valence-corrected chi connectivity index (χ0v) is 21.3. The molecule has 1 aliphatic rings. The highest BCUT2D eigenvalue weighted by Gasteiger charge is 2.39. The number of hydrogen-bond donors (Lipinski definition) is 5. The second-order valence-corrected chi connectivity index (χ2v) is 10.1. The summed E-state index contributed by atoms with van der Waals surface area (Å²) in [5.74, 6) is 0.0791. The summed E-state index contributed by atoms with van der Waals surface area (Å²) in [5.41, 5.74) is 13.5. The molecule has 0 spiro atoms. The third kappa shape index (κ3) is 7.63. The van der Waals surface area contributed by atoms with Gasteiger partial charge in [-0.05, 0) is 35.5 Å². The van der Waals surface area contributed by atoms with E-state index >= 15 is 0 Å². The number of amides is 3. The highest BCUT2D eigenvalue weighted by atomic mass is 32.2. The van der Waals surface area contributed by atoms with Gasteiger partial charge in [0.2, 0.25) is 17.7 Å². The lowest BCUT2D eigenvalue weighted by Gasteiger charge is -2.39. The van der Waals surface area contributed by atoms with Crippen LogP contribution in [0, 0.1) is 5.92 Å². The molecule has 8 nitrogen and oxygen atoms in total. The summed E-state index contributed by atoms with van der Waals surface area (Å²) in [6, 6.07) is 5.61. The average molecular weight is 496 g/mol. The van der Waals surface area contributed by atoms with Gasteiger partial charge in [0.1, 0.15) is 12.1 Å². The first-order valence-corrected chi connectivity index (χ1v) is 13.3. The quantitative estimate of drug-likeness (QED) is 0.269. The molecule has 1 aliphatic heterocycles. The third-order valence-corrected chi connectivity index (χ3v) is 6.99. The highest BCUT2D eigenvalue weighted by molar-refractivity contribution is 7.98. The lowest BCUT2D eigenvalue weighted by Crippen LogP contribution is -2.60. The monoisotopic (exact) mass is 495 g/mol. The van der Waals surface area contributed by atoms with E-state index < -0.39 is 24.0 Å². The van der Waals surface area contributed by atoms with Crippen molar-refractivity contribution in [2.45, 2.75) is 57.4 Å². The maximum Gasteiger partial charge on any atom is 0.243 e. The third-order valence-electron chi connectivity index (χ3n) is 5.87. The number of carbonyl (C=O) groups is 3. The van der Waals surface area contributed by atoms with E-state index in [0.29, 0.717) is 37.4 Å². The molecule has 4 atom stereocenters. The molecule has 0 saturated heterocycles. The summed E-state index contributed by atoms with van der Waals surface area (Å²) in [5, 5.41) is 6.06. The van der Waals surface area contributed by atoms with Gasteiger partial charge in [-0.15, -0.1) is 0 Å². The minimum Gasteiger partial charge on any atom is -0.368 e. The second kappa shape index (κ2) is 13.2. The smallest absolute Gasteiger partial charge is 0.243 e. The number of hydrogen-bond acceptors (Lipinski definition) is 7. The summed E-state index contributed by atoms with van der Waals surface area (Å²) in [6.45, 7) is 4.68. The number of nitrogens with two attached hydrogens (primary N) is 2. The first-order valence-electron chi connectivity index (χ1n) is 11.2. The van der Waals surface area contributed by atoms with Crippen LogP contribution in [0.3, 0.4) is 0 Å². The first-order chi connectivity index (χ1) is 15.7. The van der Waals surface area contributed by atoms with E-state index in [1.165, 1.54) is 0 Å². The summed E-state index contributed by atoms with van der Waals surface area (Å²) in [6.07, 6.45) is 2.75. The van der Waals surface area contributed by atoms with Crippen LogP contribution in [0.25, 0.3) is 0 Å². The lowest BCUT2D eigenvalue weighted by atomic mass is 9.91. The zero-order valence-electron chi connectivity index (χ0n) is 19.6. The number of nitrogens with zero attached hydrogens (tertiary/aromatic N) is 1. The van der Waals surface area contributed by atoms with Gasteiger partial charge in [0.25, 0.3) is 0 Å². The van der Waals surface area contributed by atoms with Crippen LogP contribution >= 0.6 is 24.4 Å². The molecule has 33 heavy (non-hydrogen) atoms. The number of thiol groups is 1. The summed E-state index contributed by atoms with van der Waals surface area (Å²) >= 11 is 5.79. The Morgan fingerprint density at radius 1 is 1.24 bits per heavy atom. The Hall–Kier alpha value is -1.75. The van der Waals surface area contributed by atoms with Crippen LogP contribution in [0.1, 0.15) is 31.4 Å². The van der Waals surface area contributed by atoms with Gasteiger partial charge in [-0.3, -0.25) is 14.4 Å². The van der Waals surface area contributed by atoms with Gasteiger partial charge in [0.15, 0.2) is 0 Å². The highest BCUT2D eigenvalue weighted by Crippen LogP contribution is 2.25. The molecule has 1 heterocycles. The number of carbonyl (C=O) groups excluding carboxylic acids is 3. The van der Waals surface area contributed by atoms with E-state index in [4.69, 9.17) is 11.5 Å². The zero-order chi connectivity index (χ0) is 24.5. The Bertz CT molecular complexity index is 823. The van der Waals surface area contributed by atoms with E-state index in [2.05, 4.69) is 23.3 Å². The molecule has 3 amide bonds. The molecule has 0 fully saturated rings. The first kappa shape index (κ1) is 27.5. The number of thioether (sulfide) groups is 1. The van der Waals surface area contributed by atoms with Gasteiger partial charge >= 0.3 is 0 Å². The molecule has 1 aromatic rings. The molecule has 2 rings (SSSR count). The van der Waals surface area contributed by atoms with Crippen molar-refractivity contribution in [3.63, 3.8) is 0 Å². The maximum absolute atomic E-state index is 13.7. The molecular weight excluding hydrogens is 458 g/mol. The molecule has 0 aliphatic carbocycles. The fourth-order valence-electron chi connectivity index (χ4n) is 3.91. The van der Waals surface area contributed by atoms with E-state index in [1.807, 2.05) is 44.4 Å². The van der Waals surface area contributed by atoms with E-state index in [0.717, 1.165) is 11.1 Å². The Balaban J connectivity index is 2.30. The topological polar surface area (TPSA) is 131 Å². The number of primary amides is 1. The molecule has 6 N–H and O–H groups in total. The van der Waals surface area contributed by atoms with Crippen molar-refractivity contribution >= 4 is 42.1 Å². The Morgan fingerprint density at radius 2 is 1.91 bits per heavy atom. The molecule has 1 aromatic carbocycles. The lowest BCUT2D eigenvalue weighted by molar-refractivity contribution is -0.145. The van der Waals surface area contributed by atoms with Gasteiger partial charge in [0, 0.05) is 31.3 Å². The maximum atomic E-state index is 13.7. The van der Waals surface area contributed by atoms with Crippen molar-refractivity contribution < 1.29 is 14.4 Å². The van der Waals surface area contributed by atoms with Crippen molar-refractivity contribution in [2.75, 3.05) is 24.3 Å². The summed E-state index contributed by atoms with van der Waals surface area (Å²) < 4.78 is 0. The SMILES string of the molecule is CSCC[C@H](NC(=O)[C@H]1Cc2ccccc2CN1C(=O)[C@@H](NC[C@H](N)CS)C(C)C)C(N)=O. The van der Waals surface area contributed by atoms with E-state index in [1.54, 1.807) is 16.7 Å². The van der Waals surface area contributed by atoms with Crippen LogP contribution in [-0.4, -0.2) is 71.1 Å². The molecule has 0 aromatic heterocycles. The van der Waals surface area contributed by atoms with Crippen molar-refractivity contribution in [1.29, 1.82) is 0 Å². The van der Waals surface area contributed by atoms with Crippen LogP contribution in [0.2, 0.25) is 0 Å². The Morgan fingerprint density at radius 3 is 2.48 bits per heavy atom. The van der Waals surface area contributed by atoms with Crippen molar-refractivity contribution in [3.8, 4) is 0 Å². The molecule has 184 valence electrons. The molecule has 0 unspecified atom stereocenters. The minimum atomic E-state index is -0.772. The second-order valence-electron chi connectivity index (χ2n) is 8.77. The average Bonchev–Trinajstić information content (AvgIpc) is 2.79. The van der Waals surface area contributed by atoms with Crippen LogP contribution in [0.4, 0.5) is 0 Å². The van der Waals surface area contributed by atoms with Gasteiger partial charge in [-0.2, -0.15) is 24.4 Å². The van der Waals surface area contributed by atoms with E-state index in [9.17, 15) is 14.4 Å². The molecule has 0 saturated carbocycles. The van der Waals surface area contributed by atoms with Crippen LogP contribution in [-0.2, 0) is 27.3 Å². The molecular formula is C23H37N5O3S2. The van der Waals surface area contributed by atoms with Gasteiger partial charge in [-0.25, -0.2) is 0 Å². The number of rotatable bonds is 12. The number of nitrogens with one attached hydrogen (secondary N) is 2. The predicted octanol–water partition coefficient (Wildman–Crippen LogP) is 0.534. The Kier molecular flexibility index (Phi) is 11.0. The fraction of sp³-hybridized carbons (Fsp3) is 0.609. The van der Waals surface area contributed by atoms with E-state index in [-0.39, 0.29) is 23.8 Å². The fourth-order valence-corrected chi connectivity index (χ4v) is 4.51. The van der Waals surface area contributed by atoms with Crippen LogP contribution in [0.15, 0.2) is 24.3 Å². The molecule has 0 bridgehead atoms. The van der Waals surface area contributed by atoms with Crippen LogP contribution < -0.4 is 22.1 Å². The number of benzene rings is 1.